The number of rotatable bonds is 6. The van der Waals surface area contributed by atoms with E-state index in [1.54, 1.807) is 26.0 Å². The highest BCUT2D eigenvalue weighted by Crippen LogP contribution is 2.39. The minimum Gasteiger partial charge on any atom is -0.480 e. The second-order valence-corrected chi connectivity index (χ2v) is 8.86. The maximum Gasteiger partial charge on any atom is 0.408 e. The number of halogens is 3. The average Bonchev–Trinajstić information content (AvgIpc) is 3.33. The Hall–Kier alpha value is -3.96. The number of nitrogens with zero attached hydrogens (tertiary/aromatic N) is 5. The molecule has 0 saturated carbocycles. The quantitative estimate of drug-likeness (QED) is 0.545. The Bertz CT molecular complexity index is 1340. The molecule has 1 N–H and O–H groups in total. The van der Waals surface area contributed by atoms with E-state index in [4.69, 9.17) is 9.72 Å². The maximum atomic E-state index is 13.2. The number of alkyl halides is 3. The third-order valence-electron chi connectivity index (χ3n) is 5.70. The molecule has 3 aromatic heterocycles. The van der Waals surface area contributed by atoms with Gasteiger partial charge >= 0.3 is 6.18 Å². The lowest BCUT2D eigenvalue weighted by molar-refractivity contribution is -0.142. The number of aromatic nitrogens is 4. The van der Waals surface area contributed by atoms with Crippen molar-refractivity contribution in [1.82, 2.24) is 25.1 Å². The fourth-order valence-corrected chi connectivity index (χ4v) is 4.19. The van der Waals surface area contributed by atoms with Crippen LogP contribution in [0, 0.1) is 6.92 Å². The number of anilines is 1. The fourth-order valence-electron chi connectivity index (χ4n) is 4.19. The SMILES string of the molecule is COc1ncc(-c2cc(C)c3c(n2)C(C)N(c2cnn(CC(F)(F)F)c2)C3=O)cc1C(=O)NC(C)C. The van der Waals surface area contributed by atoms with E-state index >= 15 is 0 Å². The van der Waals surface area contributed by atoms with Crippen LogP contribution in [0.2, 0.25) is 0 Å². The van der Waals surface area contributed by atoms with Crippen LogP contribution < -0.4 is 15.0 Å². The van der Waals surface area contributed by atoms with Crippen molar-refractivity contribution in [2.75, 3.05) is 12.0 Å². The third-order valence-corrected chi connectivity index (χ3v) is 5.70. The van der Waals surface area contributed by atoms with E-state index in [2.05, 4.69) is 15.4 Å². The van der Waals surface area contributed by atoms with Gasteiger partial charge in [-0.15, -0.1) is 0 Å². The lowest BCUT2D eigenvalue weighted by Gasteiger charge is -2.19. The molecule has 0 aromatic carbocycles. The van der Waals surface area contributed by atoms with Gasteiger partial charge in [0, 0.05) is 24.0 Å². The van der Waals surface area contributed by atoms with Gasteiger partial charge in [-0.1, -0.05) is 0 Å². The molecule has 0 saturated heterocycles. The number of hydrogen-bond donors (Lipinski definition) is 1. The number of nitrogens with one attached hydrogen (secondary N) is 1. The summed E-state index contributed by atoms with van der Waals surface area (Å²) in [6.07, 6.45) is -0.483. The number of amides is 2. The van der Waals surface area contributed by atoms with Crippen molar-refractivity contribution in [2.24, 2.45) is 0 Å². The number of hydrogen-bond acceptors (Lipinski definition) is 6. The number of carbonyl (C=O) groups is 2. The highest BCUT2D eigenvalue weighted by atomic mass is 19.4. The number of carbonyl (C=O) groups excluding carboxylic acids is 2. The molecule has 1 atom stereocenters. The van der Waals surface area contributed by atoms with Gasteiger partial charge in [0.05, 0.1) is 42.0 Å². The van der Waals surface area contributed by atoms with Gasteiger partial charge in [0.1, 0.15) is 12.1 Å². The van der Waals surface area contributed by atoms with E-state index in [0.29, 0.717) is 28.1 Å². The van der Waals surface area contributed by atoms with Crippen molar-refractivity contribution in [2.45, 2.75) is 52.5 Å². The van der Waals surface area contributed by atoms with Gasteiger partial charge in [0.25, 0.3) is 11.8 Å². The molecule has 2 amide bonds. The summed E-state index contributed by atoms with van der Waals surface area (Å²) in [5.41, 5.74) is 3.03. The summed E-state index contributed by atoms with van der Waals surface area (Å²) in [5.74, 6) is -0.550. The molecule has 0 fully saturated rings. The standard InChI is InChI=1S/C24H25F3N6O3/c1-12(2)30-21(34)17-7-15(8-28-22(17)36-5)18-6-13(3)19-20(31-18)14(4)33(23(19)35)16-9-29-32(10-16)11-24(25,26)27/h6-10,12,14H,11H2,1-5H3,(H,30,34). The molecule has 0 radical (unpaired) electrons. The van der Waals surface area contributed by atoms with E-state index in [0.717, 1.165) is 4.68 Å². The molecule has 1 unspecified atom stereocenters. The van der Waals surface area contributed by atoms with E-state index < -0.39 is 18.8 Å². The van der Waals surface area contributed by atoms with Crippen molar-refractivity contribution in [3.05, 3.63) is 53.1 Å². The number of aryl methyl sites for hydroxylation is 1. The predicted molar refractivity (Wildman–Crippen MR) is 125 cm³/mol. The highest BCUT2D eigenvalue weighted by Gasteiger charge is 2.39. The van der Waals surface area contributed by atoms with E-state index in [1.165, 1.54) is 30.6 Å². The van der Waals surface area contributed by atoms with Gasteiger partial charge in [0.2, 0.25) is 5.88 Å². The van der Waals surface area contributed by atoms with Gasteiger partial charge in [-0.05, 0) is 45.4 Å². The summed E-state index contributed by atoms with van der Waals surface area (Å²) in [4.78, 5) is 36.2. The fraction of sp³-hybridized carbons (Fsp3) is 0.375. The molecule has 0 aliphatic carbocycles. The molecule has 190 valence electrons. The highest BCUT2D eigenvalue weighted by molar-refractivity contribution is 6.11. The molecule has 4 heterocycles. The molecule has 36 heavy (non-hydrogen) atoms. The van der Waals surface area contributed by atoms with Gasteiger partial charge in [-0.2, -0.15) is 18.3 Å². The van der Waals surface area contributed by atoms with Gasteiger partial charge in [-0.3, -0.25) is 19.2 Å². The van der Waals surface area contributed by atoms with Crippen LogP contribution in [-0.4, -0.2) is 50.9 Å². The predicted octanol–water partition coefficient (Wildman–Crippen LogP) is 4.08. The summed E-state index contributed by atoms with van der Waals surface area (Å²) in [7, 11) is 1.42. The molecular formula is C24H25F3N6O3. The van der Waals surface area contributed by atoms with Crippen molar-refractivity contribution < 1.29 is 27.5 Å². The van der Waals surface area contributed by atoms with E-state index in [1.807, 2.05) is 13.8 Å². The molecule has 3 aromatic rings. The lowest BCUT2D eigenvalue weighted by Crippen LogP contribution is -2.30. The minimum atomic E-state index is -4.43. The first-order valence-corrected chi connectivity index (χ1v) is 11.2. The Morgan fingerprint density at radius 2 is 1.97 bits per heavy atom. The maximum absolute atomic E-state index is 13.2. The number of methoxy groups -OCH3 is 1. The summed E-state index contributed by atoms with van der Waals surface area (Å²) >= 11 is 0. The van der Waals surface area contributed by atoms with Crippen LogP contribution in [0.15, 0.2) is 30.7 Å². The van der Waals surface area contributed by atoms with Crippen LogP contribution in [0.5, 0.6) is 5.88 Å². The van der Waals surface area contributed by atoms with Gasteiger partial charge in [-0.25, -0.2) is 9.97 Å². The van der Waals surface area contributed by atoms with Gasteiger partial charge in [0.15, 0.2) is 0 Å². The van der Waals surface area contributed by atoms with Crippen molar-refractivity contribution in [3.8, 4) is 17.1 Å². The lowest BCUT2D eigenvalue weighted by atomic mass is 10.0. The summed E-state index contributed by atoms with van der Waals surface area (Å²) in [5, 5.41) is 6.56. The van der Waals surface area contributed by atoms with Crippen LogP contribution in [0.1, 0.15) is 58.8 Å². The van der Waals surface area contributed by atoms with E-state index in [-0.39, 0.29) is 35.0 Å². The minimum absolute atomic E-state index is 0.0930. The summed E-state index contributed by atoms with van der Waals surface area (Å²) in [6, 6.07) is 2.69. The second-order valence-electron chi connectivity index (χ2n) is 8.86. The second kappa shape index (κ2) is 9.25. The molecule has 0 bridgehead atoms. The molecule has 9 nitrogen and oxygen atoms in total. The van der Waals surface area contributed by atoms with E-state index in [9.17, 15) is 22.8 Å². The van der Waals surface area contributed by atoms with Crippen molar-refractivity contribution >= 4 is 17.5 Å². The van der Waals surface area contributed by atoms with Crippen LogP contribution in [0.4, 0.5) is 18.9 Å². The van der Waals surface area contributed by atoms with Crippen molar-refractivity contribution in [1.29, 1.82) is 0 Å². The zero-order chi connectivity index (χ0) is 26.4. The third kappa shape index (κ3) is 4.75. The van der Waals surface area contributed by atoms with Crippen LogP contribution in [-0.2, 0) is 6.54 Å². The van der Waals surface area contributed by atoms with Crippen molar-refractivity contribution in [3.63, 3.8) is 0 Å². The van der Waals surface area contributed by atoms with Crippen LogP contribution in [0.3, 0.4) is 0 Å². The zero-order valence-corrected chi connectivity index (χ0v) is 20.3. The molecule has 1 aliphatic rings. The normalized spacial score (nSPS) is 15.4. The first-order valence-electron chi connectivity index (χ1n) is 11.2. The summed E-state index contributed by atoms with van der Waals surface area (Å²) in [6.45, 7) is 5.92. The molecule has 1 aliphatic heterocycles. The number of fused-ring (bicyclic) bond motifs is 1. The largest absolute Gasteiger partial charge is 0.480 e. The average molecular weight is 502 g/mol. The Kier molecular flexibility index (Phi) is 6.46. The van der Waals surface area contributed by atoms with Gasteiger partial charge < -0.3 is 10.1 Å². The molecule has 0 spiro atoms. The summed E-state index contributed by atoms with van der Waals surface area (Å²) < 4.78 is 44.2. The first-order chi connectivity index (χ1) is 16.9. The Morgan fingerprint density at radius 1 is 1.25 bits per heavy atom. The number of ether oxygens (including phenoxy) is 1. The Morgan fingerprint density at radius 3 is 2.61 bits per heavy atom. The Balaban J connectivity index is 1.71. The Labute approximate surface area is 205 Å². The molecule has 12 heteroatoms. The molecule has 4 rings (SSSR count). The monoisotopic (exact) mass is 502 g/mol. The zero-order valence-electron chi connectivity index (χ0n) is 20.3. The topological polar surface area (TPSA) is 102 Å². The van der Waals surface area contributed by atoms with Crippen LogP contribution in [0.25, 0.3) is 11.3 Å². The number of pyridine rings is 2. The van der Waals surface area contributed by atoms with Crippen LogP contribution >= 0.6 is 0 Å². The molecular weight excluding hydrogens is 477 g/mol. The smallest absolute Gasteiger partial charge is 0.408 e. The first kappa shape index (κ1) is 25.1.